The number of para-hydroxylation sites is 1. The molecule has 32 heavy (non-hydrogen) atoms. The van der Waals surface area contributed by atoms with Crippen LogP contribution in [0.4, 0.5) is 5.82 Å². The fourth-order valence-electron chi connectivity index (χ4n) is 4.22. The predicted octanol–water partition coefficient (Wildman–Crippen LogP) is 3.71. The lowest BCUT2D eigenvalue weighted by atomic mass is 9.90. The average Bonchev–Trinajstić information content (AvgIpc) is 3.14. The number of anilines is 1. The van der Waals surface area contributed by atoms with E-state index in [1.165, 1.54) is 6.92 Å². The van der Waals surface area contributed by atoms with Crippen LogP contribution in [0.1, 0.15) is 43.6 Å². The van der Waals surface area contributed by atoms with E-state index >= 15 is 0 Å². The molecule has 0 spiro atoms. The third-order valence-corrected chi connectivity index (χ3v) is 5.60. The molecule has 1 unspecified atom stereocenters. The first kappa shape index (κ1) is 21.4. The van der Waals surface area contributed by atoms with Gasteiger partial charge in [-0.2, -0.15) is 5.10 Å². The molecule has 8 nitrogen and oxygen atoms in total. The number of benzene rings is 2. The molecule has 0 saturated carbocycles. The summed E-state index contributed by atoms with van der Waals surface area (Å²) in [5, 5.41) is 11.0. The topological polar surface area (TPSA) is 111 Å². The molecule has 2 heterocycles. The molecule has 2 amide bonds. The Hall–Kier alpha value is -3.81. The Bertz CT molecular complexity index is 1140. The average molecular weight is 434 g/mol. The summed E-state index contributed by atoms with van der Waals surface area (Å²) in [7, 11) is 0. The van der Waals surface area contributed by atoms with Crippen molar-refractivity contribution >= 4 is 17.6 Å². The Morgan fingerprint density at radius 1 is 1.12 bits per heavy atom. The number of primary amides is 1. The van der Waals surface area contributed by atoms with Crippen LogP contribution in [0, 0.1) is 0 Å². The first-order chi connectivity index (χ1) is 15.3. The molecule has 3 aromatic rings. The lowest BCUT2D eigenvalue weighted by Crippen LogP contribution is -2.51. The summed E-state index contributed by atoms with van der Waals surface area (Å²) < 4.78 is 7.64. The monoisotopic (exact) mass is 433 g/mol. The molecule has 166 valence electrons. The van der Waals surface area contributed by atoms with Crippen molar-refractivity contribution in [3.63, 3.8) is 0 Å². The van der Waals surface area contributed by atoms with Gasteiger partial charge in [-0.3, -0.25) is 9.59 Å². The molecule has 0 fully saturated rings. The van der Waals surface area contributed by atoms with Gasteiger partial charge in [0.1, 0.15) is 28.6 Å². The van der Waals surface area contributed by atoms with E-state index in [-0.39, 0.29) is 11.9 Å². The van der Waals surface area contributed by atoms with E-state index in [1.54, 1.807) is 4.68 Å². The van der Waals surface area contributed by atoms with Crippen LogP contribution in [0.15, 0.2) is 54.6 Å². The molecule has 2 aromatic carbocycles. The van der Waals surface area contributed by atoms with Gasteiger partial charge in [-0.1, -0.05) is 18.2 Å². The second-order valence-electron chi connectivity index (χ2n) is 8.45. The molecular weight excluding hydrogens is 406 g/mol. The van der Waals surface area contributed by atoms with E-state index in [9.17, 15) is 9.59 Å². The SMILES string of the molecule is CC(=O)NC(C)(C)C1CCNc2c(C(N)=O)c(-c3ccc(Oc4ccccc4)cc3)nn21. The minimum absolute atomic E-state index is 0.119. The number of ether oxygens (including phenoxy) is 1. The number of hydrogen-bond donors (Lipinski definition) is 3. The van der Waals surface area contributed by atoms with Crippen molar-refractivity contribution in [2.45, 2.75) is 38.8 Å². The van der Waals surface area contributed by atoms with Gasteiger partial charge < -0.3 is 21.1 Å². The molecular formula is C24H27N5O3. The van der Waals surface area contributed by atoms with Gasteiger partial charge in [0.15, 0.2) is 0 Å². The lowest BCUT2D eigenvalue weighted by Gasteiger charge is -2.38. The number of hydrogen-bond acceptors (Lipinski definition) is 5. The molecule has 4 N–H and O–H groups in total. The Labute approximate surface area is 186 Å². The van der Waals surface area contributed by atoms with Crippen molar-refractivity contribution in [3.05, 3.63) is 60.2 Å². The maximum atomic E-state index is 12.4. The van der Waals surface area contributed by atoms with Crippen molar-refractivity contribution in [2.75, 3.05) is 11.9 Å². The van der Waals surface area contributed by atoms with E-state index in [1.807, 2.05) is 68.4 Å². The van der Waals surface area contributed by atoms with Gasteiger partial charge in [0.2, 0.25) is 5.91 Å². The van der Waals surface area contributed by atoms with E-state index in [4.69, 9.17) is 15.6 Å². The Morgan fingerprint density at radius 2 is 1.78 bits per heavy atom. The molecule has 0 radical (unpaired) electrons. The van der Waals surface area contributed by atoms with Crippen molar-refractivity contribution in [1.29, 1.82) is 0 Å². The highest BCUT2D eigenvalue weighted by Crippen LogP contribution is 2.38. The zero-order valence-electron chi connectivity index (χ0n) is 18.4. The van der Waals surface area contributed by atoms with Gasteiger partial charge in [-0.25, -0.2) is 4.68 Å². The molecule has 1 aliphatic heterocycles. The minimum Gasteiger partial charge on any atom is -0.457 e. The number of amides is 2. The number of nitrogens with two attached hydrogens (primary N) is 1. The Morgan fingerprint density at radius 3 is 2.41 bits per heavy atom. The molecule has 0 bridgehead atoms. The Balaban J connectivity index is 1.71. The third kappa shape index (κ3) is 4.16. The van der Waals surface area contributed by atoms with Gasteiger partial charge in [-0.05, 0) is 56.7 Å². The maximum Gasteiger partial charge on any atom is 0.254 e. The highest BCUT2D eigenvalue weighted by molar-refractivity contribution is 6.03. The summed E-state index contributed by atoms with van der Waals surface area (Å²) in [5.74, 6) is 1.31. The van der Waals surface area contributed by atoms with Crippen molar-refractivity contribution in [1.82, 2.24) is 15.1 Å². The fourth-order valence-corrected chi connectivity index (χ4v) is 4.22. The number of rotatable bonds is 6. The number of carbonyl (C=O) groups excluding carboxylic acids is 2. The second-order valence-corrected chi connectivity index (χ2v) is 8.45. The first-order valence-electron chi connectivity index (χ1n) is 10.5. The Kier molecular flexibility index (Phi) is 5.61. The highest BCUT2D eigenvalue weighted by atomic mass is 16.5. The number of nitrogens with zero attached hydrogens (tertiary/aromatic N) is 2. The van der Waals surface area contributed by atoms with E-state index in [2.05, 4.69) is 10.6 Å². The van der Waals surface area contributed by atoms with E-state index in [0.717, 1.165) is 17.7 Å². The van der Waals surface area contributed by atoms with Gasteiger partial charge in [0.05, 0.1) is 11.6 Å². The van der Waals surface area contributed by atoms with Crippen LogP contribution in [0.3, 0.4) is 0 Å². The van der Waals surface area contributed by atoms with Crippen LogP contribution in [0.2, 0.25) is 0 Å². The molecule has 0 aliphatic carbocycles. The van der Waals surface area contributed by atoms with E-state index < -0.39 is 11.4 Å². The largest absolute Gasteiger partial charge is 0.457 e. The van der Waals surface area contributed by atoms with Crippen LogP contribution in [-0.4, -0.2) is 33.7 Å². The maximum absolute atomic E-state index is 12.4. The third-order valence-electron chi connectivity index (χ3n) is 5.60. The van der Waals surface area contributed by atoms with Crippen LogP contribution < -0.4 is 21.1 Å². The van der Waals surface area contributed by atoms with Crippen molar-refractivity contribution in [3.8, 4) is 22.8 Å². The molecule has 8 heteroatoms. The number of fused-ring (bicyclic) bond motifs is 1. The molecule has 0 saturated heterocycles. The second kappa shape index (κ2) is 8.37. The normalized spacial score (nSPS) is 15.4. The first-order valence-corrected chi connectivity index (χ1v) is 10.5. The summed E-state index contributed by atoms with van der Waals surface area (Å²) in [5.41, 5.74) is 6.78. The summed E-state index contributed by atoms with van der Waals surface area (Å²) in [6.45, 7) is 6.04. The smallest absolute Gasteiger partial charge is 0.254 e. The van der Waals surface area contributed by atoms with Crippen LogP contribution in [0.5, 0.6) is 11.5 Å². The van der Waals surface area contributed by atoms with Gasteiger partial charge in [0, 0.05) is 19.0 Å². The summed E-state index contributed by atoms with van der Waals surface area (Å²) >= 11 is 0. The standard InChI is InChI=1S/C24H27N5O3/c1-15(30)27-24(2,3)19-13-14-26-23-20(22(25)31)21(28-29(19)23)16-9-11-18(12-10-16)32-17-7-5-4-6-8-17/h4-12,19,26H,13-14H2,1-3H3,(H2,25,31)(H,27,30). The molecule has 4 rings (SSSR count). The van der Waals surface area contributed by atoms with Gasteiger partial charge in [-0.15, -0.1) is 0 Å². The van der Waals surface area contributed by atoms with Crippen LogP contribution >= 0.6 is 0 Å². The molecule has 1 aromatic heterocycles. The van der Waals surface area contributed by atoms with Crippen LogP contribution in [0.25, 0.3) is 11.3 Å². The lowest BCUT2D eigenvalue weighted by molar-refractivity contribution is -0.121. The summed E-state index contributed by atoms with van der Waals surface area (Å²) in [4.78, 5) is 24.1. The fraction of sp³-hybridized carbons (Fsp3) is 0.292. The van der Waals surface area contributed by atoms with Gasteiger partial charge >= 0.3 is 0 Å². The minimum atomic E-state index is -0.561. The quantitative estimate of drug-likeness (QED) is 0.549. The van der Waals surface area contributed by atoms with Crippen LogP contribution in [-0.2, 0) is 4.79 Å². The number of aromatic nitrogens is 2. The molecule has 1 atom stereocenters. The van der Waals surface area contributed by atoms with E-state index in [0.29, 0.717) is 29.4 Å². The highest BCUT2D eigenvalue weighted by Gasteiger charge is 2.38. The predicted molar refractivity (Wildman–Crippen MR) is 123 cm³/mol. The van der Waals surface area contributed by atoms with Crippen molar-refractivity contribution in [2.24, 2.45) is 5.73 Å². The molecule has 1 aliphatic rings. The summed E-state index contributed by atoms with van der Waals surface area (Å²) in [6.07, 6.45) is 0.740. The van der Waals surface area contributed by atoms with Crippen molar-refractivity contribution < 1.29 is 14.3 Å². The zero-order valence-corrected chi connectivity index (χ0v) is 18.4. The zero-order chi connectivity index (χ0) is 22.9. The van der Waals surface area contributed by atoms with Gasteiger partial charge in [0.25, 0.3) is 5.91 Å². The number of nitrogens with one attached hydrogen (secondary N) is 2. The summed E-state index contributed by atoms with van der Waals surface area (Å²) in [6, 6.07) is 16.7. The number of carbonyl (C=O) groups is 2.